The number of hydrogen-bond acceptors (Lipinski definition) is 7. The molecule has 4 heterocycles. The molecule has 0 spiro atoms. The monoisotopic (exact) mass is 329 g/mol. The number of fused-ring (bicyclic) bond motifs is 1. The molecule has 8 nitrogen and oxygen atoms in total. The molecule has 1 atom stereocenters. The Hall–Kier alpha value is -2.06. The van der Waals surface area contributed by atoms with Gasteiger partial charge in [0.1, 0.15) is 11.6 Å². The van der Waals surface area contributed by atoms with E-state index in [1.807, 2.05) is 19.3 Å². The number of anilines is 1. The minimum atomic E-state index is 0.436. The van der Waals surface area contributed by atoms with Gasteiger partial charge in [-0.05, 0) is 13.3 Å². The highest BCUT2D eigenvalue weighted by molar-refractivity contribution is 5.30. The van der Waals surface area contributed by atoms with E-state index in [1.54, 1.807) is 0 Å². The quantitative estimate of drug-likeness (QED) is 0.865. The fourth-order valence-corrected chi connectivity index (χ4v) is 3.26. The molecule has 128 valence electrons. The van der Waals surface area contributed by atoms with Gasteiger partial charge in [-0.1, -0.05) is 0 Å². The Bertz CT molecular complexity index is 678. The van der Waals surface area contributed by atoms with Crippen molar-refractivity contribution in [2.75, 3.05) is 31.2 Å². The molecule has 0 unspecified atom stereocenters. The maximum Gasteiger partial charge on any atom is 0.225 e. The first-order valence-electron chi connectivity index (χ1n) is 8.55. The van der Waals surface area contributed by atoms with Crippen molar-refractivity contribution in [1.82, 2.24) is 30.0 Å². The van der Waals surface area contributed by atoms with Crippen molar-refractivity contribution in [3.63, 3.8) is 0 Å². The molecule has 8 heteroatoms. The summed E-state index contributed by atoms with van der Waals surface area (Å²) in [5.41, 5.74) is 1.11. The summed E-state index contributed by atoms with van der Waals surface area (Å²) >= 11 is 0. The summed E-state index contributed by atoms with van der Waals surface area (Å²) in [6.07, 6.45) is 5.90. The Morgan fingerprint density at radius 1 is 1.21 bits per heavy atom. The molecule has 1 N–H and O–H groups in total. The van der Waals surface area contributed by atoms with E-state index >= 15 is 0 Å². The van der Waals surface area contributed by atoms with Crippen LogP contribution in [0.1, 0.15) is 23.6 Å². The van der Waals surface area contributed by atoms with Crippen LogP contribution < -0.4 is 10.2 Å². The number of morpholine rings is 1. The van der Waals surface area contributed by atoms with Crippen molar-refractivity contribution in [2.24, 2.45) is 0 Å². The second kappa shape index (κ2) is 6.82. The molecular formula is C16H23N7O. The van der Waals surface area contributed by atoms with Gasteiger partial charge in [-0.3, -0.25) is 0 Å². The first-order valence-corrected chi connectivity index (χ1v) is 8.55. The van der Waals surface area contributed by atoms with Gasteiger partial charge in [0.15, 0.2) is 0 Å². The smallest absolute Gasteiger partial charge is 0.225 e. The van der Waals surface area contributed by atoms with Crippen LogP contribution in [0.15, 0.2) is 12.4 Å². The van der Waals surface area contributed by atoms with Crippen molar-refractivity contribution in [1.29, 1.82) is 0 Å². The Morgan fingerprint density at radius 2 is 2.00 bits per heavy atom. The van der Waals surface area contributed by atoms with Gasteiger partial charge in [0.25, 0.3) is 0 Å². The number of nitrogens with zero attached hydrogens (tertiary/aromatic N) is 6. The zero-order valence-corrected chi connectivity index (χ0v) is 14.0. The van der Waals surface area contributed by atoms with Crippen molar-refractivity contribution in [2.45, 2.75) is 38.9 Å². The lowest BCUT2D eigenvalue weighted by Gasteiger charge is -2.27. The van der Waals surface area contributed by atoms with E-state index < -0.39 is 0 Å². The number of aromatic nitrogens is 5. The maximum atomic E-state index is 5.36. The lowest BCUT2D eigenvalue weighted by molar-refractivity contribution is 0.122. The molecule has 0 aliphatic carbocycles. The van der Waals surface area contributed by atoms with E-state index in [1.165, 1.54) is 0 Å². The largest absolute Gasteiger partial charge is 0.378 e. The highest BCUT2D eigenvalue weighted by Crippen LogP contribution is 2.15. The number of rotatable bonds is 4. The molecule has 2 aromatic rings. The fourth-order valence-electron chi connectivity index (χ4n) is 3.26. The van der Waals surface area contributed by atoms with Crippen molar-refractivity contribution in [3.8, 4) is 0 Å². The molecule has 0 radical (unpaired) electrons. The van der Waals surface area contributed by atoms with Crippen molar-refractivity contribution >= 4 is 5.95 Å². The van der Waals surface area contributed by atoms with Crippen LogP contribution in [0.25, 0.3) is 0 Å². The van der Waals surface area contributed by atoms with E-state index in [0.717, 1.165) is 75.4 Å². The normalized spacial score (nSPS) is 20.9. The zero-order chi connectivity index (χ0) is 16.4. The lowest BCUT2D eigenvalue weighted by atomic mass is 10.1. The average molecular weight is 329 g/mol. The fraction of sp³-hybridized carbons (Fsp3) is 0.625. The summed E-state index contributed by atoms with van der Waals surface area (Å²) in [7, 11) is 0. The zero-order valence-electron chi connectivity index (χ0n) is 14.0. The van der Waals surface area contributed by atoms with Crippen LogP contribution in [-0.4, -0.2) is 57.1 Å². The Kier molecular flexibility index (Phi) is 4.40. The lowest BCUT2D eigenvalue weighted by Crippen LogP contribution is -2.38. The first kappa shape index (κ1) is 15.5. The predicted octanol–water partition coefficient (Wildman–Crippen LogP) is 0.318. The standard InChI is InChI=1S/C16H23N7O/c1-12-20-21-15-3-2-14(11-23(12)15)17-8-13-9-18-16(19-10-13)22-4-6-24-7-5-22/h9-10,14,17H,2-8,11H2,1H3/t14-/m0/s1. The predicted molar refractivity (Wildman–Crippen MR) is 88.8 cm³/mol. The van der Waals surface area contributed by atoms with Gasteiger partial charge in [0.05, 0.1) is 13.2 Å². The van der Waals surface area contributed by atoms with Crippen LogP contribution in [0.3, 0.4) is 0 Å². The second-order valence-electron chi connectivity index (χ2n) is 6.38. The second-order valence-corrected chi connectivity index (χ2v) is 6.38. The highest BCUT2D eigenvalue weighted by atomic mass is 16.5. The number of nitrogens with one attached hydrogen (secondary N) is 1. The van der Waals surface area contributed by atoms with E-state index in [0.29, 0.717) is 6.04 Å². The SMILES string of the molecule is Cc1nnc2n1C[C@@H](NCc1cnc(N3CCOCC3)nc1)CC2. The molecular weight excluding hydrogens is 306 g/mol. The Morgan fingerprint density at radius 3 is 2.79 bits per heavy atom. The summed E-state index contributed by atoms with van der Waals surface area (Å²) in [6.45, 7) is 6.95. The summed E-state index contributed by atoms with van der Waals surface area (Å²) in [5.74, 6) is 2.89. The maximum absolute atomic E-state index is 5.36. The highest BCUT2D eigenvalue weighted by Gasteiger charge is 2.21. The van der Waals surface area contributed by atoms with Crippen LogP contribution in [0.4, 0.5) is 5.95 Å². The molecule has 0 bridgehead atoms. The molecule has 4 rings (SSSR count). The molecule has 1 saturated heterocycles. The van der Waals surface area contributed by atoms with Crippen LogP contribution in [0.5, 0.6) is 0 Å². The average Bonchev–Trinajstić information content (AvgIpc) is 3.02. The van der Waals surface area contributed by atoms with Crippen molar-refractivity contribution < 1.29 is 4.74 Å². The summed E-state index contributed by atoms with van der Waals surface area (Å²) < 4.78 is 7.57. The van der Waals surface area contributed by atoms with Gasteiger partial charge in [0.2, 0.25) is 5.95 Å². The molecule has 0 saturated carbocycles. The molecule has 1 fully saturated rings. The van der Waals surface area contributed by atoms with E-state index in [4.69, 9.17) is 4.74 Å². The van der Waals surface area contributed by atoms with Crippen molar-refractivity contribution in [3.05, 3.63) is 29.6 Å². The summed E-state index contributed by atoms with van der Waals surface area (Å²) in [6, 6.07) is 0.436. The number of hydrogen-bond donors (Lipinski definition) is 1. The molecule has 2 aliphatic heterocycles. The van der Waals surface area contributed by atoms with Crippen LogP contribution in [0, 0.1) is 6.92 Å². The van der Waals surface area contributed by atoms with Gasteiger partial charge in [-0.15, -0.1) is 10.2 Å². The molecule has 24 heavy (non-hydrogen) atoms. The van der Waals surface area contributed by atoms with E-state index in [-0.39, 0.29) is 0 Å². The Balaban J connectivity index is 1.32. The van der Waals surface area contributed by atoms with Gasteiger partial charge < -0.3 is 19.5 Å². The molecule has 2 aliphatic rings. The Labute approximate surface area is 141 Å². The number of ether oxygens (including phenoxy) is 1. The van der Waals surface area contributed by atoms with Crippen LogP contribution in [-0.2, 0) is 24.2 Å². The molecule has 2 aromatic heterocycles. The van der Waals surface area contributed by atoms with Gasteiger partial charge >= 0.3 is 0 Å². The summed E-state index contributed by atoms with van der Waals surface area (Å²) in [5, 5.41) is 12.0. The van der Waals surface area contributed by atoms with Crippen LogP contribution in [0.2, 0.25) is 0 Å². The minimum absolute atomic E-state index is 0.436. The molecule has 0 aromatic carbocycles. The summed E-state index contributed by atoms with van der Waals surface area (Å²) in [4.78, 5) is 11.2. The van der Waals surface area contributed by atoms with Gasteiger partial charge in [0, 0.05) is 56.6 Å². The topological polar surface area (TPSA) is 81.0 Å². The third-order valence-corrected chi connectivity index (χ3v) is 4.71. The van der Waals surface area contributed by atoms with E-state index in [9.17, 15) is 0 Å². The third-order valence-electron chi connectivity index (χ3n) is 4.71. The van der Waals surface area contributed by atoms with Gasteiger partial charge in [-0.25, -0.2) is 9.97 Å². The number of aryl methyl sites for hydroxylation is 2. The van der Waals surface area contributed by atoms with Gasteiger partial charge in [-0.2, -0.15) is 0 Å². The van der Waals surface area contributed by atoms with Crippen LogP contribution >= 0.6 is 0 Å². The minimum Gasteiger partial charge on any atom is -0.378 e. The van der Waals surface area contributed by atoms with E-state index in [2.05, 4.69) is 34.9 Å². The third kappa shape index (κ3) is 3.25. The molecule has 0 amide bonds. The first-order chi connectivity index (χ1) is 11.8.